The van der Waals surface area contributed by atoms with Gasteiger partial charge in [0.25, 0.3) is 11.8 Å². The molecule has 0 aliphatic carbocycles. The van der Waals surface area contributed by atoms with E-state index < -0.39 is 6.04 Å². The van der Waals surface area contributed by atoms with Crippen LogP contribution in [-0.2, 0) is 4.79 Å². The van der Waals surface area contributed by atoms with Crippen molar-refractivity contribution in [1.82, 2.24) is 15.6 Å². The van der Waals surface area contributed by atoms with Crippen molar-refractivity contribution in [3.8, 4) is 0 Å². The second kappa shape index (κ2) is 4.36. The highest BCUT2D eigenvalue weighted by Crippen LogP contribution is 2.35. The number of hydrogen-bond donors (Lipinski definition) is 4. The Bertz CT molecular complexity index is 631. The van der Waals surface area contributed by atoms with Crippen LogP contribution in [0.5, 0.6) is 0 Å². The molecule has 7 heteroatoms. The summed E-state index contributed by atoms with van der Waals surface area (Å²) in [6, 6.07) is -0.560. The highest BCUT2D eigenvalue weighted by molar-refractivity contribution is 6.05. The van der Waals surface area contributed by atoms with Crippen molar-refractivity contribution in [2.45, 2.75) is 32.2 Å². The Hall–Kier alpha value is -2.31. The van der Waals surface area contributed by atoms with Gasteiger partial charge in [0.05, 0.1) is 0 Å². The average Bonchev–Trinajstić information content (AvgIpc) is 2.81. The van der Waals surface area contributed by atoms with Crippen molar-refractivity contribution < 1.29 is 9.59 Å². The van der Waals surface area contributed by atoms with Crippen LogP contribution in [0.4, 0.5) is 0 Å². The molecule has 7 nitrogen and oxygen atoms in total. The number of carbonyl (C=O) groups is 2. The van der Waals surface area contributed by atoms with Gasteiger partial charge in [-0.25, -0.2) is 4.99 Å². The molecule has 20 heavy (non-hydrogen) atoms. The van der Waals surface area contributed by atoms with Crippen LogP contribution in [0.2, 0.25) is 0 Å². The van der Waals surface area contributed by atoms with Gasteiger partial charge in [-0.05, 0) is 31.4 Å². The van der Waals surface area contributed by atoms with Gasteiger partial charge in [-0.2, -0.15) is 0 Å². The molecule has 3 heterocycles. The summed E-state index contributed by atoms with van der Waals surface area (Å²) in [5.41, 5.74) is 8.95. The number of nitrogens with zero attached hydrogens (tertiary/aromatic N) is 1. The van der Waals surface area contributed by atoms with Crippen LogP contribution in [0.15, 0.2) is 4.99 Å². The number of aliphatic imine (C=N–C) groups is 1. The highest BCUT2D eigenvalue weighted by atomic mass is 16.2. The maximum atomic E-state index is 12.1. The van der Waals surface area contributed by atoms with Gasteiger partial charge in [0.2, 0.25) is 0 Å². The van der Waals surface area contributed by atoms with E-state index in [0.29, 0.717) is 18.7 Å². The number of aromatic amines is 1. The fourth-order valence-electron chi connectivity index (χ4n) is 2.98. The Labute approximate surface area is 116 Å². The maximum absolute atomic E-state index is 12.1. The molecule has 2 aliphatic rings. The number of aromatic nitrogens is 1. The lowest BCUT2D eigenvalue weighted by molar-refractivity contribution is -0.120. The van der Waals surface area contributed by atoms with Gasteiger partial charge in [0.1, 0.15) is 11.7 Å². The monoisotopic (exact) mass is 275 g/mol. The van der Waals surface area contributed by atoms with Gasteiger partial charge >= 0.3 is 0 Å². The van der Waals surface area contributed by atoms with Crippen molar-refractivity contribution in [3.05, 3.63) is 22.5 Å². The molecule has 0 saturated heterocycles. The summed E-state index contributed by atoms with van der Waals surface area (Å²) in [6.45, 7) is 4.39. The van der Waals surface area contributed by atoms with E-state index in [0.717, 1.165) is 16.8 Å². The van der Waals surface area contributed by atoms with E-state index in [-0.39, 0.29) is 23.7 Å². The lowest BCUT2D eigenvalue weighted by Crippen LogP contribution is -2.35. The molecule has 0 bridgehead atoms. The predicted molar refractivity (Wildman–Crippen MR) is 73.5 cm³/mol. The molecule has 2 amide bonds. The summed E-state index contributed by atoms with van der Waals surface area (Å²) in [6.07, 6.45) is 0.658. The molecule has 0 radical (unpaired) electrons. The minimum atomic E-state index is -0.560. The van der Waals surface area contributed by atoms with Gasteiger partial charge in [0, 0.05) is 18.2 Å². The molecule has 0 fully saturated rings. The molecular weight excluding hydrogens is 258 g/mol. The Morgan fingerprint density at radius 2 is 2.05 bits per heavy atom. The van der Waals surface area contributed by atoms with Crippen LogP contribution in [0, 0.1) is 13.8 Å². The molecule has 2 aliphatic heterocycles. The Balaban J connectivity index is 2.11. The summed E-state index contributed by atoms with van der Waals surface area (Å²) in [7, 11) is 0. The summed E-state index contributed by atoms with van der Waals surface area (Å²) >= 11 is 0. The zero-order chi connectivity index (χ0) is 14.4. The number of hydrogen-bond acceptors (Lipinski definition) is 4. The van der Waals surface area contributed by atoms with Crippen LogP contribution in [0.3, 0.4) is 0 Å². The summed E-state index contributed by atoms with van der Waals surface area (Å²) in [5, 5.41) is 5.37. The van der Waals surface area contributed by atoms with Crippen molar-refractivity contribution >= 4 is 17.8 Å². The number of aryl methyl sites for hydroxylation is 1. The molecule has 3 rings (SSSR count). The van der Waals surface area contributed by atoms with Crippen molar-refractivity contribution in [2.75, 3.05) is 6.54 Å². The normalized spacial score (nSPS) is 25.6. The molecule has 0 saturated carbocycles. The fourth-order valence-corrected chi connectivity index (χ4v) is 2.98. The molecule has 1 aromatic rings. The van der Waals surface area contributed by atoms with Crippen LogP contribution in [0.25, 0.3) is 0 Å². The summed E-state index contributed by atoms with van der Waals surface area (Å²) < 4.78 is 0. The number of nitrogens with two attached hydrogens (primary N) is 1. The summed E-state index contributed by atoms with van der Waals surface area (Å²) in [4.78, 5) is 31.4. The van der Waals surface area contributed by atoms with E-state index in [1.807, 2.05) is 13.8 Å². The number of rotatable bonds is 1. The zero-order valence-corrected chi connectivity index (χ0v) is 11.4. The van der Waals surface area contributed by atoms with Crippen molar-refractivity contribution in [3.63, 3.8) is 0 Å². The first-order valence-electron chi connectivity index (χ1n) is 6.60. The number of guanidine groups is 1. The second-order valence-corrected chi connectivity index (χ2v) is 5.26. The van der Waals surface area contributed by atoms with Crippen LogP contribution >= 0.6 is 0 Å². The van der Waals surface area contributed by atoms with Gasteiger partial charge in [-0.15, -0.1) is 0 Å². The van der Waals surface area contributed by atoms with E-state index >= 15 is 0 Å². The molecule has 5 N–H and O–H groups in total. The van der Waals surface area contributed by atoms with E-state index in [1.54, 1.807) is 0 Å². The molecular formula is C13H17N5O2. The molecule has 0 aromatic carbocycles. The van der Waals surface area contributed by atoms with E-state index in [2.05, 4.69) is 20.6 Å². The average molecular weight is 275 g/mol. The van der Waals surface area contributed by atoms with Crippen LogP contribution in [0.1, 0.15) is 39.6 Å². The van der Waals surface area contributed by atoms with Gasteiger partial charge in [-0.1, -0.05) is 0 Å². The predicted octanol–water partition coefficient (Wildman–Crippen LogP) is -0.338. The standard InChI is InChI=1S/C13H17N5O2/c1-5-6(2)16-10-8(5)7(3-4-15-11(10)19)9-12(20)18-13(14)17-9/h7,9,16H,3-4H2,1-2H3,(H,15,19)(H3,14,17,18,20). The van der Waals surface area contributed by atoms with E-state index in [4.69, 9.17) is 5.73 Å². The van der Waals surface area contributed by atoms with Gasteiger partial charge in [-0.3, -0.25) is 14.9 Å². The van der Waals surface area contributed by atoms with Crippen LogP contribution < -0.4 is 16.4 Å². The first-order chi connectivity index (χ1) is 9.49. The zero-order valence-electron chi connectivity index (χ0n) is 11.4. The van der Waals surface area contributed by atoms with E-state index in [9.17, 15) is 9.59 Å². The number of H-pyrrole nitrogens is 1. The molecule has 1 aromatic heterocycles. The Kier molecular flexibility index (Phi) is 2.77. The van der Waals surface area contributed by atoms with Gasteiger partial charge < -0.3 is 16.0 Å². The molecule has 0 spiro atoms. The smallest absolute Gasteiger partial charge is 0.268 e. The quantitative estimate of drug-likeness (QED) is 0.562. The van der Waals surface area contributed by atoms with Crippen LogP contribution in [-0.4, -0.2) is 35.3 Å². The number of carbonyl (C=O) groups excluding carboxylic acids is 2. The fraction of sp³-hybridized carbons (Fsp3) is 0.462. The lowest BCUT2D eigenvalue weighted by atomic mass is 9.86. The number of fused-ring (bicyclic) bond motifs is 1. The highest BCUT2D eigenvalue weighted by Gasteiger charge is 2.38. The minimum Gasteiger partial charge on any atom is -0.370 e. The third kappa shape index (κ3) is 1.77. The summed E-state index contributed by atoms with van der Waals surface area (Å²) in [5.74, 6) is -0.329. The largest absolute Gasteiger partial charge is 0.370 e. The third-order valence-electron chi connectivity index (χ3n) is 4.07. The maximum Gasteiger partial charge on any atom is 0.268 e. The van der Waals surface area contributed by atoms with E-state index in [1.165, 1.54) is 0 Å². The second-order valence-electron chi connectivity index (χ2n) is 5.26. The topological polar surface area (TPSA) is 112 Å². The third-order valence-corrected chi connectivity index (χ3v) is 4.07. The molecule has 2 atom stereocenters. The Morgan fingerprint density at radius 1 is 1.30 bits per heavy atom. The van der Waals surface area contributed by atoms with Gasteiger partial charge in [0.15, 0.2) is 5.96 Å². The number of amides is 2. The molecule has 106 valence electrons. The lowest BCUT2D eigenvalue weighted by Gasteiger charge is -2.18. The Morgan fingerprint density at radius 3 is 2.70 bits per heavy atom. The first-order valence-corrected chi connectivity index (χ1v) is 6.60. The minimum absolute atomic E-state index is 0.131. The SMILES string of the molecule is Cc1[nH]c2c(c1C)C(C1N=C(N)NC1=O)CCNC2=O. The van der Waals surface area contributed by atoms with Crippen molar-refractivity contribution in [1.29, 1.82) is 0 Å². The first kappa shape index (κ1) is 12.7. The molecule has 2 unspecified atom stereocenters. The van der Waals surface area contributed by atoms with Crippen molar-refractivity contribution in [2.24, 2.45) is 10.7 Å². The number of nitrogens with one attached hydrogen (secondary N) is 3.